The van der Waals surface area contributed by atoms with Gasteiger partial charge in [-0.3, -0.25) is 4.79 Å². The van der Waals surface area contributed by atoms with E-state index in [9.17, 15) is 21.6 Å². The van der Waals surface area contributed by atoms with Crippen molar-refractivity contribution in [1.29, 1.82) is 0 Å². The Kier molecular flexibility index (Phi) is 5.87. The fourth-order valence-corrected chi connectivity index (χ4v) is 4.17. The minimum atomic E-state index is -3.52. The zero-order valence-corrected chi connectivity index (χ0v) is 16.4. The van der Waals surface area contributed by atoms with E-state index in [4.69, 9.17) is 0 Å². The fraction of sp³-hybridized carbons (Fsp3) is 0.278. The molecule has 0 spiro atoms. The van der Waals surface area contributed by atoms with Crippen LogP contribution in [-0.2, 0) is 19.7 Å². The Hall–Kier alpha value is -2.19. The zero-order chi connectivity index (χ0) is 19.5. The Balaban J connectivity index is 2.26. The molecular weight excluding hydrogens is 374 g/mol. The summed E-state index contributed by atoms with van der Waals surface area (Å²) in [6.45, 7) is 3.26. The number of amides is 1. The van der Waals surface area contributed by atoms with Gasteiger partial charge in [-0.15, -0.1) is 0 Å². The van der Waals surface area contributed by atoms with Gasteiger partial charge in [-0.05, 0) is 36.8 Å². The van der Waals surface area contributed by atoms with Crippen LogP contribution in [-0.4, -0.2) is 34.8 Å². The number of benzene rings is 2. The molecule has 0 bridgehead atoms. The average molecular weight is 396 g/mol. The van der Waals surface area contributed by atoms with Crippen molar-refractivity contribution >= 4 is 25.6 Å². The van der Waals surface area contributed by atoms with Crippen LogP contribution in [0, 0.1) is 0 Å². The van der Waals surface area contributed by atoms with Crippen LogP contribution in [0.25, 0.3) is 0 Å². The molecule has 0 aliphatic rings. The third-order valence-corrected chi connectivity index (χ3v) is 6.92. The summed E-state index contributed by atoms with van der Waals surface area (Å²) in [6, 6.07) is 11.8. The Bertz CT molecular complexity index is 1010. The number of carbonyl (C=O) groups is 1. The normalized spacial score (nSPS) is 13.2. The van der Waals surface area contributed by atoms with Gasteiger partial charge < -0.3 is 5.32 Å². The summed E-state index contributed by atoms with van der Waals surface area (Å²) in [6.07, 6.45) is 1.12. The van der Waals surface area contributed by atoms with Crippen molar-refractivity contribution in [1.82, 2.24) is 5.32 Å². The quantitative estimate of drug-likeness (QED) is 0.810. The molecule has 0 unspecified atom stereocenters. The first kappa shape index (κ1) is 20.1. The van der Waals surface area contributed by atoms with E-state index >= 15 is 0 Å². The van der Waals surface area contributed by atoms with Crippen LogP contribution in [0.3, 0.4) is 0 Å². The molecule has 2 rings (SSSR count). The highest BCUT2D eigenvalue weighted by Crippen LogP contribution is 2.20. The summed E-state index contributed by atoms with van der Waals surface area (Å²) >= 11 is 0. The molecule has 0 radical (unpaired) electrons. The number of carbonyl (C=O) groups excluding carboxylic acids is 1. The molecular formula is C18H21NO5S2. The molecule has 1 amide bonds. The highest BCUT2D eigenvalue weighted by atomic mass is 32.2. The highest BCUT2D eigenvalue weighted by molar-refractivity contribution is 7.91. The summed E-state index contributed by atoms with van der Waals surface area (Å²) in [5.74, 6) is -0.600. The number of hydrogen-bond acceptors (Lipinski definition) is 5. The van der Waals surface area contributed by atoms with Crippen molar-refractivity contribution in [2.24, 2.45) is 0 Å². The first-order valence-corrected chi connectivity index (χ1v) is 11.5. The molecule has 0 heterocycles. The molecule has 1 atom stereocenters. The summed E-state index contributed by atoms with van der Waals surface area (Å²) in [7, 11) is -6.81. The second-order valence-corrected chi connectivity index (χ2v) is 10.2. The van der Waals surface area contributed by atoms with Gasteiger partial charge in [-0.25, -0.2) is 16.8 Å². The van der Waals surface area contributed by atoms with E-state index in [1.54, 1.807) is 31.2 Å². The first-order chi connectivity index (χ1) is 12.1. The third kappa shape index (κ3) is 4.50. The summed E-state index contributed by atoms with van der Waals surface area (Å²) in [4.78, 5) is 12.8. The van der Waals surface area contributed by atoms with Gasteiger partial charge in [0.15, 0.2) is 19.7 Å². The smallest absolute Gasteiger partial charge is 0.253 e. The van der Waals surface area contributed by atoms with Crippen molar-refractivity contribution in [3.05, 3.63) is 59.7 Å². The van der Waals surface area contributed by atoms with Gasteiger partial charge in [0.25, 0.3) is 5.91 Å². The average Bonchev–Trinajstić information content (AvgIpc) is 2.61. The predicted octanol–water partition coefficient (Wildman–Crippen LogP) is 2.37. The lowest BCUT2D eigenvalue weighted by atomic mass is 10.1. The van der Waals surface area contributed by atoms with Gasteiger partial charge in [0.05, 0.1) is 27.1 Å². The summed E-state index contributed by atoms with van der Waals surface area (Å²) in [5.41, 5.74) is 0.801. The second kappa shape index (κ2) is 7.59. The summed E-state index contributed by atoms with van der Waals surface area (Å²) < 4.78 is 47.4. The van der Waals surface area contributed by atoms with E-state index in [0.717, 1.165) is 6.26 Å². The topological polar surface area (TPSA) is 97.4 Å². The van der Waals surface area contributed by atoms with Crippen molar-refractivity contribution in [2.45, 2.75) is 29.7 Å². The monoisotopic (exact) mass is 395 g/mol. The number of rotatable bonds is 6. The van der Waals surface area contributed by atoms with Gasteiger partial charge >= 0.3 is 0 Å². The minimum absolute atomic E-state index is 0.000348. The molecule has 8 heteroatoms. The highest BCUT2D eigenvalue weighted by Gasteiger charge is 2.21. The molecule has 1 N–H and O–H groups in total. The molecule has 0 aliphatic heterocycles. The lowest BCUT2D eigenvalue weighted by Crippen LogP contribution is -2.28. The standard InChI is InChI=1S/C18H21NO5S2/c1-4-26(23,24)17-8-6-5-7-16(17)18(20)19-13(2)14-9-11-15(12-10-14)25(3,21)22/h5-13H,4H2,1-3H3,(H,19,20)/t13-/m0/s1. The molecule has 0 aliphatic carbocycles. The van der Waals surface area contributed by atoms with E-state index in [2.05, 4.69) is 5.32 Å². The SMILES string of the molecule is CCS(=O)(=O)c1ccccc1C(=O)N[C@@H](C)c1ccc(S(C)(=O)=O)cc1. The van der Waals surface area contributed by atoms with Crippen LogP contribution in [0.1, 0.15) is 35.8 Å². The number of sulfone groups is 2. The predicted molar refractivity (Wildman–Crippen MR) is 99.6 cm³/mol. The molecule has 0 saturated carbocycles. The van der Waals surface area contributed by atoms with Gasteiger partial charge in [-0.1, -0.05) is 31.2 Å². The van der Waals surface area contributed by atoms with E-state index < -0.39 is 31.6 Å². The Morgan fingerprint density at radius 1 is 1.00 bits per heavy atom. The lowest BCUT2D eigenvalue weighted by molar-refractivity contribution is 0.0936. The molecule has 0 saturated heterocycles. The molecule has 140 valence electrons. The Labute approximate surface area is 154 Å². The number of hydrogen-bond donors (Lipinski definition) is 1. The molecule has 2 aromatic carbocycles. The second-order valence-electron chi connectivity index (χ2n) is 5.94. The third-order valence-electron chi connectivity index (χ3n) is 4.00. The maximum atomic E-state index is 12.6. The maximum Gasteiger partial charge on any atom is 0.253 e. The number of nitrogens with one attached hydrogen (secondary N) is 1. The minimum Gasteiger partial charge on any atom is -0.345 e. The van der Waals surface area contributed by atoms with Crippen LogP contribution in [0.2, 0.25) is 0 Å². The molecule has 2 aromatic rings. The van der Waals surface area contributed by atoms with Crippen LogP contribution < -0.4 is 5.32 Å². The van der Waals surface area contributed by atoms with Crippen molar-refractivity contribution in [3.63, 3.8) is 0 Å². The molecule has 26 heavy (non-hydrogen) atoms. The largest absolute Gasteiger partial charge is 0.345 e. The van der Waals surface area contributed by atoms with Gasteiger partial charge in [0, 0.05) is 6.26 Å². The lowest BCUT2D eigenvalue weighted by Gasteiger charge is -2.16. The van der Waals surface area contributed by atoms with Crippen LogP contribution in [0.4, 0.5) is 0 Å². The maximum absolute atomic E-state index is 12.6. The summed E-state index contributed by atoms with van der Waals surface area (Å²) in [5, 5.41) is 2.75. The van der Waals surface area contributed by atoms with E-state index in [1.807, 2.05) is 0 Å². The van der Waals surface area contributed by atoms with Crippen LogP contribution in [0.5, 0.6) is 0 Å². The fourth-order valence-electron chi connectivity index (χ4n) is 2.44. The van der Waals surface area contributed by atoms with E-state index in [1.165, 1.54) is 31.2 Å². The van der Waals surface area contributed by atoms with Crippen LogP contribution >= 0.6 is 0 Å². The van der Waals surface area contributed by atoms with Gasteiger partial charge in [0.2, 0.25) is 0 Å². The van der Waals surface area contributed by atoms with Crippen LogP contribution in [0.15, 0.2) is 58.3 Å². The molecule has 0 fully saturated rings. The van der Waals surface area contributed by atoms with E-state index in [-0.39, 0.29) is 21.1 Å². The van der Waals surface area contributed by atoms with Gasteiger partial charge in [0.1, 0.15) is 0 Å². The van der Waals surface area contributed by atoms with Crippen molar-refractivity contribution in [3.8, 4) is 0 Å². The van der Waals surface area contributed by atoms with E-state index in [0.29, 0.717) is 5.56 Å². The first-order valence-electron chi connectivity index (χ1n) is 7.99. The van der Waals surface area contributed by atoms with Gasteiger partial charge in [-0.2, -0.15) is 0 Å². The molecule has 6 nitrogen and oxygen atoms in total. The zero-order valence-electron chi connectivity index (χ0n) is 14.8. The van der Waals surface area contributed by atoms with Crippen molar-refractivity contribution in [2.75, 3.05) is 12.0 Å². The Morgan fingerprint density at radius 2 is 1.58 bits per heavy atom. The van der Waals surface area contributed by atoms with Crippen molar-refractivity contribution < 1.29 is 21.6 Å². The Morgan fingerprint density at radius 3 is 2.12 bits per heavy atom. The molecule has 0 aromatic heterocycles.